The van der Waals surface area contributed by atoms with Gasteiger partial charge in [-0.1, -0.05) is 48.5 Å². The minimum Gasteiger partial charge on any atom is -0.481 e. The fourth-order valence-corrected chi connectivity index (χ4v) is 5.99. The van der Waals surface area contributed by atoms with Crippen LogP contribution in [0.15, 0.2) is 48.5 Å². The Hall–Kier alpha value is -3.00. The zero-order valence-electron chi connectivity index (χ0n) is 19.2. The lowest BCUT2D eigenvalue weighted by atomic mass is 9.98. The molecule has 0 spiro atoms. The fourth-order valence-electron chi connectivity index (χ4n) is 4.85. The van der Waals surface area contributed by atoms with Crippen molar-refractivity contribution < 1.29 is 24.2 Å². The summed E-state index contributed by atoms with van der Waals surface area (Å²) in [6.07, 6.45) is 0.887. The second-order valence-electron chi connectivity index (χ2n) is 8.92. The number of nitrogens with zero attached hydrogens (tertiary/aromatic N) is 1. The lowest BCUT2D eigenvalue weighted by Gasteiger charge is -2.29. The Labute approximate surface area is 203 Å². The standard InChI is InChI=1S/C26H30N2O5S/c1-28(14-17-7-6-12-34-16-17)25(31)23(13-24(29)30)27-26(32)33-15-22-20-10-4-2-8-18(20)19-9-3-5-11-21(19)22/h2-5,8-11,17,22-23H,6-7,12-16H2,1H3,(H,27,32)(H,29,30). The number of nitrogens with one attached hydrogen (secondary N) is 1. The van der Waals surface area contributed by atoms with Crippen LogP contribution in [-0.2, 0) is 14.3 Å². The lowest BCUT2D eigenvalue weighted by Crippen LogP contribution is -2.49. The van der Waals surface area contributed by atoms with Crippen molar-refractivity contribution in [1.29, 1.82) is 0 Å². The van der Waals surface area contributed by atoms with Crippen LogP contribution in [0.5, 0.6) is 0 Å². The molecule has 7 nitrogen and oxygen atoms in total. The average molecular weight is 483 g/mol. The summed E-state index contributed by atoms with van der Waals surface area (Å²) in [7, 11) is 1.66. The number of thioether (sulfide) groups is 1. The number of fused-ring (bicyclic) bond motifs is 3. The van der Waals surface area contributed by atoms with Gasteiger partial charge < -0.3 is 20.1 Å². The molecule has 0 radical (unpaired) electrons. The van der Waals surface area contributed by atoms with Crippen molar-refractivity contribution in [2.75, 3.05) is 31.7 Å². The van der Waals surface area contributed by atoms with Crippen LogP contribution in [-0.4, -0.2) is 65.7 Å². The lowest BCUT2D eigenvalue weighted by molar-refractivity contribution is -0.142. The summed E-state index contributed by atoms with van der Waals surface area (Å²) in [6.45, 7) is 0.650. The molecule has 0 bridgehead atoms. The molecule has 1 saturated heterocycles. The van der Waals surface area contributed by atoms with Gasteiger partial charge >= 0.3 is 12.1 Å². The number of carboxylic acids is 1. The highest BCUT2D eigenvalue weighted by molar-refractivity contribution is 7.99. The molecule has 2 unspecified atom stereocenters. The van der Waals surface area contributed by atoms with Crippen LogP contribution in [0.2, 0.25) is 0 Å². The van der Waals surface area contributed by atoms with E-state index in [4.69, 9.17) is 4.74 Å². The van der Waals surface area contributed by atoms with Crippen LogP contribution in [0.1, 0.15) is 36.3 Å². The van der Waals surface area contributed by atoms with E-state index in [1.165, 1.54) is 4.90 Å². The Kier molecular flexibility index (Phi) is 7.77. The van der Waals surface area contributed by atoms with Crippen molar-refractivity contribution in [2.45, 2.75) is 31.2 Å². The van der Waals surface area contributed by atoms with Gasteiger partial charge in [0.1, 0.15) is 12.6 Å². The maximum Gasteiger partial charge on any atom is 0.407 e. The number of ether oxygens (including phenoxy) is 1. The zero-order valence-corrected chi connectivity index (χ0v) is 20.1. The van der Waals surface area contributed by atoms with Crippen molar-refractivity contribution in [1.82, 2.24) is 10.2 Å². The summed E-state index contributed by atoms with van der Waals surface area (Å²) >= 11 is 1.87. The van der Waals surface area contributed by atoms with Crippen LogP contribution < -0.4 is 5.32 Å². The minimum atomic E-state index is -1.17. The van der Waals surface area contributed by atoms with Crippen molar-refractivity contribution in [3.05, 3.63) is 59.7 Å². The predicted octanol–water partition coefficient (Wildman–Crippen LogP) is 3.97. The molecule has 4 rings (SSSR count). The number of amides is 2. The molecule has 1 aliphatic heterocycles. The van der Waals surface area contributed by atoms with E-state index < -0.39 is 30.4 Å². The van der Waals surface area contributed by atoms with Crippen molar-refractivity contribution in [3.8, 4) is 11.1 Å². The van der Waals surface area contributed by atoms with Crippen molar-refractivity contribution >= 4 is 29.7 Å². The summed E-state index contributed by atoms with van der Waals surface area (Å²) in [5.74, 6) is 0.830. The molecule has 2 N–H and O–H groups in total. The van der Waals surface area contributed by atoms with Gasteiger partial charge in [-0.3, -0.25) is 9.59 Å². The molecule has 2 aromatic rings. The second-order valence-corrected chi connectivity index (χ2v) is 10.1. The van der Waals surface area contributed by atoms with Gasteiger partial charge in [-0.2, -0.15) is 11.8 Å². The quantitative estimate of drug-likeness (QED) is 0.591. The van der Waals surface area contributed by atoms with Gasteiger partial charge in [0.2, 0.25) is 5.91 Å². The molecule has 0 saturated carbocycles. The number of carbonyl (C=O) groups is 3. The number of carboxylic acid groups (broad SMARTS) is 1. The number of carbonyl (C=O) groups excluding carboxylic acids is 2. The average Bonchev–Trinajstić information content (AvgIpc) is 3.16. The second kappa shape index (κ2) is 11.0. The van der Waals surface area contributed by atoms with Crippen LogP contribution >= 0.6 is 11.8 Å². The summed E-state index contributed by atoms with van der Waals surface area (Å²) in [5.41, 5.74) is 4.40. The van der Waals surface area contributed by atoms with E-state index in [9.17, 15) is 19.5 Å². The molecule has 2 aliphatic rings. The topological polar surface area (TPSA) is 95.9 Å². The van der Waals surface area contributed by atoms with Crippen LogP contribution in [0.4, 0.5) is 4.79 Å². The van der Waals surface area contributed by atoms with E-state index in [2.05, 4.69) is 17.4 Å². The maximum atomic E-state index is 13.0. The fraction of sp³-hybridized carbons (Fsp3) is 0.423. The molecule has 2 atom stereocenters. The molecule has 180 valence electrons. The number of likely N-dealkylation sites (N-methyl/N-ethyl adjacent to an activating group) is 1. The first kappa shape index (κ1) is 24.1. The smallest absolute Gasteiger partial charge is 0.407 e. The number of hydrogen-bond acceptors (Lipinski definition) is 5. The molecule has 2 amide bonds. The third kappa shape index (κ3) is 5.55. The minimum absolute atomic E-state index is 0.100. The van der Waals surface area contributed by atoms with Gasteiger partial charge in [0.25, 0.3) is 0 Å². The molecule has 1 aliphatic carbocycles. The van der Waals surface area contributed by atoms with Crippen molar-refractivity contribution in [2.24, 2.45) is 5.92 Å². The van der Waals surface area contributed by atoms with E-state index in [1.54, 1.807) is 7.05 Å². The first-order chi connectivity index (χ1) is 16.4. The Morgan fingerprint density at radius 3 is 2.35 bits per heavy atom. The monoisotopic (exact) mass is 482 g/mol. The summed E-state index contributed by atoms with van der Waals surface area (Å²) in [6, 6.07) is 14.9. The van der Waals surface area contributed by atoms with Gasteiger partial charge in [-0.05, 0) is 52.5 Å². The first-order valence-corrected chi connectivity index (χ1v) is 12.8. The first-order valence-electron chi connectivity index (χ1n) is 11.6. The number of alkyl carbamates (subject to hydrolysis) is 1. The Morgan fingerprint density at radius 1 is 1.12 bits per heavy atom. The molecule has 1 heterocycles. The van der Waals surface area contributed by atoms with Gasteiger partial charge in [0.15, 0.2) is 0 Å². The normalized spacial score (nSPS) is 17.9. The van der Waals surface area contributed by atoms with Gasteiger partial charge in [0.05, 0.1) is 6.42 Å². The van der Waals surface area contributed by atoms with Crippen LogP contribution in [0.3, 0.4) is 0 Å². The van der Waals surface area contributed by atoms with E-state index in [0.717, 1.165) is 46.6 Å². The van der Waals surface area contributed by atoms with Gasteiger partial charge in [-0.15, -0.1) is 0 Å². The number of rotatable bonds is 8. The van der Waals surface area contributed by atoms with E-state index in [1.807, 2.05) is 48.2 Å². The highest BCUT2D eigenvalue weighted by Gasteiger charge is 2.31. The maximum absolute atomic E-state index is 13.0. The van der Waals surface area contributed by atoms with E-state index >= 15 is 0 Å². The number of benzene rings is 2. The molecule has 34 heavy (non-hydrogen) atoms. The molecular weight excluding hydrogens is 452 g/mol. The summed E-state index contributed by atoms with van der Waals surface area (Å²) in [5, 5.41) is 11.8. The highest BCUT2D eigenvalue weighted by atomic mass is 32.2. The van der Waals surface area contributed by atoms with E-state index in [-0.39, 0.29) is 12.5 Å². The molecule has 1 fully saturated rings. The third-order valence-electron chi connectivity index (χ3n) is 6.48. The highest BCUT2D eigenvalue weighted by Crippen LogP contribution is 2.44. The number of hydrogen-bond donors (Lipinski definition) is 2. The summed E-state index contributed by atoms with van der Waals surface area (Å²) in [4.78, 5) is 38.5. The van der Waals surface area contributed by atoms with Gasteiger partial charge in [-0.25, -0.2) is 4.79 Å². The molecular formula is C26H30N2O5S. The SMILES string of the molecule is CN(CC1CCCSC1)C(=O)C(CC(=O)O)NC(=O)OCC1c2ccccc2-c2ccccc21. The molecule has 8 heteroatoms. The molecule has 0 aromatic heterocycles. The molecule has 2 aromatic carbocycles. The van der Waals surface area contributed by atoms with Crippen LogP contribution in [0, 0.1) is 5.92 Å². The van der Waals surface area contributed by atoms with Gasteiger partial charge in [0, 0.05) is 19.5 Å². The number of aliphatic carboxylic acids is 1. The van der Waals surface area contributed by atoms with Crippen LogP contribution in [0.25, 0.3) is 11.1 Å². The summed E-state index contributed by atoms with van der Waals surface area (Å²) < 4.78 is 5.51. The predicted molar refractivity (Wildman–Crippen MR) is 132 cm³/mol. The Bertz CT molecular complexity index is 1010. The van der Waals surface area contributed by atoms with Crippen molar-refractivity contribution in [3.63, 3.8) is 0 Å². The van der Waals surface area contributed by atoms with E-state index in [0.29, 0.717) is 12.5 Å². The zero-order chi connectivity index (χ0) is 24.1. The largest absolute Gasteiger partial charge is 0.481 e. The third-order valence-corrected chi connectivity index (χ3v) is 7.76. The Balaban J connectivity index is 1.38. The Morgan fingerprint density at radius 2 is 1.76 bits per heavy atom.